The predicted molar refractivity (Wildman–Crippen MR) is 64.5 cm³/mol. The molecule has 90 valence electrons. The molecule has 17 heavy (non-hydrogen) atoms. The molecule has 0 aliphatic carbocycles. The Morgan fingerprint density at radius 3 is 2.82 bits per heavy atom. The minimum atomic E-state index is -0.546. The van der Waals surface area contributed by atoms with Gasteiger partial charge in [0.25, 0.3) is 11.2 Å². The lowest BCUT2D eigenvalue weighted by Crippen LogP contribution is -2.20. The van der Waals surface area contributed by atoms with Crippen molar-refractivity contribution in [2.24, 2.45) is 0 Å². The summed E-state index contributed by atoms with van der Waals surface area (Å²) in [5.41, 5.74) is -0.427. The van der Waals surface area contributed by atoms with E-state index in [2.05, 4.69) is 15.9 Å². The SMILES string of the molecule is N#CCCCCn1cc([N+](=O)[O-])cc(Br)c1=O. The number of hydrogen-bond donors (Lipinski definition) is 0. The molecule has 0 saturated carbocycles. The molecule has 0 spiro atoms. The Kier molecular flexibility index (Phi) is 4.84. The molecular formula is C10H10BrN3O3. The fourth-order valence-electron chi connectivity index (χ4n) is 1.34. The van der Waals surface area contributed by atoms with Crippen LogP contribution < -0.4 is 5.56 Å². The van der Waals surface area contributed by atoms with E-state index in [-0.39, 0.29) is 15.7 Å². The van der Waals surface area contributed by atoms with E-state index in [0.717, 1.165) is 0 Å². The maximum atomic E-state index is 11.6. The number of pyridine rings is 1. The van der Waals surface area contributed by atoms with Crippen molar-refractivity contribution >= 4 is 21.6 Å². The highest BCUT2D eigenvalue weighted by atomic mass is 79.9. The Balaban J connectivity index is 2.87. The molecule has 0 saturated heterocycles. The highest BCUT2D eigenvalue weighted by molar-refractivity contribution is 9.10. The molecule has 0 bridgehead atoms. The van der Waals surface area contributed by atoms with Gasteiger partial charge in [0.05, 0.1) is 21.7 Å². The van der Waals surface area contributed by atoms with Crippen molar-refractivity contribution < 1.29 is 4.92 Å². The fraction of sp³-hybridized carbons (Fsp3) is 0.400. The summed E-state index contributed by atoms with van der Waals surface area (Å²) in [5.74, 6) is 0. The Hall–Kier alpha value is -1.68. The first kappa shape index (κ1) is 13.4. The maximum Gasteiger partial charge on any atom is 0.286 e. The molecule has 1 aromatic rings. The van der Waals surface area contributed by atoms with E-state index in [9.17, 15) is 14.9 Å². The van der Waals surface area contributed by atoms with Crippen LogP contribution in [0.15, 0.2) is 21.5 Å². The van der Waals surface area contributed by atoms with E-state index in [1.165, 1.54) is 16.8 Å². The molecule has 0 aliphatic rings. The van der Waals surface area contributed by atoms with Crippen LogP contribution in [0.25, 0.3) is 0 Å². The highest BCUT2D eigenvalue weighted by Gasteiger charge is 2.11. The molecule has 0 atom stereocenters. The molecule has 0 radical (unpaired) electrons. The van der Waals surface area contributed by atoms with Crippen molar-refractivity contribution in [2.75, 3.05) is 0 Å². The fourth-order valence-corrected chi connectivity index (χ4v) is 1.80. The van der Waals surface area contributed by atoms with Gasteiger partial charge in [0, 0.05) is 19.0 Å². The zero-order valence-corrected chi connectivity index (χ0v) is 10.5. The molecule has 0 N–H and O–H groups in total. The van der Waals surface area contributed by atoms with Gasteiger partial charge in [-0.3, -0.25) is 14.9 Å². The van der Waals surface area contributed by atoms with Crippen molar-refractivity contribution in [3.63, 3.8) is 0 Å². The number of unbranched alkanes of at least 4 members (excludes halogenated alkanes) is 2. The lowest BCUT2D eigenvalue weighted by Gasteiger charge is -2.05. The quantitative estimate of drug-likeness (QED) is 0.473. The van der Waals surface area contributed by atoms with Crippen LogP contribution >= 0.6 is 15.9 Å². The normalized spacial score (nSPS) is 9.88. The number of nitrogens with zero attached hydrogens (tertiary/aromatic N) is 3. The topological polar surface area (TPSA) is 88.9 Å². The zero-order chi connectivity index (χ0) is 12.8. The molecule has 0 aromatic carbocycles. The Labute approximate surface area is 106 Å². The van der Waals surface area contributed by atoms with Gasteiger partial charge < -0.3 is 4.57 Å². The summed E-state index contributed by atoms with van der Waals surface area (Å²) in [7, 11) is 0. The van der Waals surface area contributed by atoms with Gasteiger partial charge in [-0.2, -0.15) is 5.26 Å². The van der Waals surface area contributed by atoms with Crippen LogP contribution in [0.1, 0.15) is 19.3 Å². The average Bonchev–Trinajstić information content (AvgIpc) is 2.29. The van der Waals surface area contributed by atoms with Gasteiger partial charge in [-0.05, 0) is 28.8 Å². The van der Waals surface area contributed by atoms with Crippen molar-refractivity contribution in [1.82, 2.24) is 4.57 Å². The monoisotopic (exact) mass is 299 g/mol. The van der Waals surface area contributed by atoms with Gasteiger partial charge >= 0.3 is 0 Å². The molecule has 0 aliphatic heterocycles. The van der Waals surface area contributed by atoms with Gasteiger partial charge in [-0.1, -0.05) is 0 Å². The molecular weight excluding hydrogens is 290 g/mol. The van der Waals surface area contributed by atoms with Crippen molar-refractivity contribution in [2.45, 2.75) is 25.8 Å². The lowest BCUT2D eigenvalue weighted by molar-refractivity contribution is -0.385. The van der Waals surface area contributed by atoms with Crippen molar-refractivity contribution in [3.05, 3.63) is 37.2 Å². The summed E-state index contributed by atoms with van der Waals surface area (Å²) in [5, 5.41) is 19.0. The summed E-state index contributed by atoms with van der Waals surface area (Å²) in [6.45, 7) is 0.376. The second-order valence-corrected chi connectivity index (χ2v) is 4.27. The second-order valence-electron chi connectivity index (χ2n) is 3.42. The maximum absolute atomic E-state index is 11.6. The van der Waals surface area contributed by atoms with Crippen LogP contribution in [0, 0.1) is 21.4 Å². The van der Waals surface area contributed by atoms with E-state index in [4.69, 9.17) is 5.26 Å². The number of aryl methyl sites for hydroxylation is 1. The number of halogens is 1. The molecule has 0 amide bonds. The molecule has 0 fully saturated rings. The standard InChI is InChI=1S/C10H10BrN3O3/c11-9-6-8(14(16)17)7-13(10(9)15)5-3-1-2-4-12/h6-7H,1-3,5H2. The van der Waals surface area contributed by atoms with E-state index >= 15 is 0 Å². The van der Waals surface area contributed by atoms with E-state index in [1.807, 2.05) is 6.07 Å². The number of rotatable bonds is 5. The van der Waals surface area contributed by atoms with Gasteiger partial charge in [0.2, 0.25) is 0 Å². The van der Waals surface area contributed by atoms with Gasteiger partial charge in [-0.15, -0.1) is 0 Å². The number of aromatic nitrogens is 1. The summed E-state index contributed by atoms with van der Waals surface area (Å²) < 4.78 is 1.46. The van der Waals surface area contributed by atoms with E-state index in [1.54, 1.807) is 0 Å². The highest BCUT2D eigenvalue weighted by Crippen LogP contribution is 2.14. The second kappa shape index (κ2) is 6.15. The van der Waals surface area contributed by atoms with Crippen LogP contribution in [0.5, 0.6) is 0 Å². The minimum Gasteiger partial charge on any atom is -0.308 e. The van der Waals surface area contributed by atoms with Gasteiger partial charge in [-0.25, -0.2) is 0 Å². The summed E-state index contributed by atoms with van der Waals surface area (Å²) in [6.07, 6.45) is 2.95. The van der Waals surface area contributed by atoms with Crippen LogP contribution in [0.3, 0.4) is 0 Å². The van der Waals surface area contributed by atoms with Gasteiger partial charge in [0.1, 0.15) is 0 Å². The lowest BCUT2D eigenvalue weighted by atomic mass is 10.2. The average molecular weight is 300 g/mol. The largest absolute Gasteiger partial charge is 0.308 e. The number of nitro groups is 1. The van der Waals surface area contributed by atoms with Crippen LogP contribution in [0.2, 0.25) is 0 Å². The third kappa shape index (κ3) is 3.67. The molecule has 1 aromatic heterocycles. The molecule has 7 heteroatoms. The first-order valence-electron chi connectivity index (χ1n) is 4.97. The summed E-state index contributed by atoms with van der Waals surface area (Å²) in [4.78, 5) is 21.7. The third-order valence-corrected chi connectivity index (χ3v) is 2.74. The van der Waals surface area contributed by atoms with Crippen LogP contribution in [-0.2, 0) is 6.54 Å². The number of hydrogen-bond acceptors (Lipinski definition) is 4. The molecule has 1 rings (SSSR count). The van der Waals surface area contributed by atoms with Gasteiger partial charge in [0.15, 0.2) is 0 Å². The Morgan fingerprint density at radius 2 is 2.24 bits per heavy atom. The van der Waals surface area contributed by atoms with Crippen molar-refractivity contribution in [1.29, 1.82) is 5.26 Å². The van der Waals surface area contributed by atoms with Crippen molar-refractivity contribution in [3.8, 4) is 6.07 Å². The third-order valence-electron chi connectivity index (χ3n) is 2.18. The summed E-state index contributed by atoms with van der Waals surface area (Å²) in [6, 6.07) is 3.19. The Morgan fingerprint density at radius 1 is 1.53 bits per heavy atom. The first-order chi connectivity index (χ1) is 8.06. The molecule has 6 nitrogen and oxygen atoms in total. The predicted octanol–water partition coefficient (Wildman–Crippen LogP) is 2.21. The molecule has 1 heterocycles. The number of nitriles is 1. The van der Waals surface area contributed by atoms with Crippen LogP contribution in [0.4, 0.5) is 5.69 Å². The zero-order valence-electron chi connectivity index (χ0n) is 8.93. The Bertz CT molecular complexity index is 519. The van der Waals surface area contributed by atoms with E-state index in [0.29, 0.717) is 25.8 Å². The minimum absolute atomic E-state index is 0.128. The first-order valence-corrected chi connectivity index (χ1v) is 5.77. The van der Waals surface area contributed by atoms with E-state index < -0.39 is 4.92 Å². The van der Waals surface area contributed by atoms with Crippen LogP contribution in [-0.4, -0.2) is 9.49 Å². The molecule has 0 unspecified atom stereocenters. The summed E-state index contributed by atoms with van der Waals surface area (Å²) >= 11 is 3.00. The smallest absolute Gasteiger partial charge is 0.286 e.